The number of esters is 1. The molecular formula is C27H32N4O4. The second-order valence-corrected chi connectivity index (χ2v) is 11.0. The summed E-state index contributed by atoms with van der Waals surface area (Å²) >= 11 is 0. The number of ether oxygens (including phenoxy) is 1. The Balaban J connectivity index is 1.09. The zero-order valence-corrected chi connectivity index (χ0v) is 19.9. The summed E-state index contributed by atoms with van der Waals surface area (Å²) in [5, 5.41) is 6.32. The van der Waals surface area contributed by atoms with Crippen molar-refractivity contribution < 1.29 is 19.1 Å². The van der Waals surface area contributed by atoms with Crippen molar-refractivity contribution in [3.63, 3.8) is 0 Å². The van der Waals surface area contributed by atoms with Gasteiger partial charge in [0.1, 0.15) is 11.4 Å². The standard InChI is InChI=1S/C27H32N4O4/c32-23(29-26(34)30-27-13-17-9-18(14-27)11-19(10-17)15-27)16-35-25(33)21-12-20-5-1-2-6-22(20)28-24(21)31-7-3-4-8-31/h1-2,5-6,12,17-19H,3-4,7-11,13-16H2,(H2,29,30,32,34). The van der Waals surface area contributed by atoms with Crippen LogP contribution in [0.15, 0.2) is 30.3 Å². The average Bonchev–Trinajstić information content (AvgIpc) is 3.35. The van der Waals surface area contributed by atoms with Gasteiger partial charge in [0.05, 0.1) is 5.52 Å². The van der Waals surface area contributed by atoms with Crippen molar-refractivity contribution in [3.05, 3.63) is 35.9 Å². The molecule has 0 unspecified atom stereocenters. The van der Waals surface area contributed by atoms with Gasteiger partial charge in [0, 0.05) is 24.0 Å². The number of fused-ring (bicyclic) bond motifs is 1. The molecule has 5 aliphatic rings. The largest absolute Gasteiger partial charge is 0.452 e. The molecule has 2 N–H and O–H groups in total. The van der Waals surface area contributed by atoms with Crippen LogP contribution in [0, 0.1) is 17.8 Å². The first-order chi connectivity index (χ1) is 17.0. The molecule has 1 saturated heterocycles. The first kappa shape index (κ1) is 22.3. The summed E-state index contributed by atoms with van der Waals surface area (Å²) in [6.45, 7) is 1.15. The quantitative estimate of drug-likeness (QED) is 0.637. The number of para-hydroxylation sites is 1. The molecule has 0 spiro atoms. The number of pyridine rings is 1. The van der Waals surface area contributed by atoms with Crippen LogP contribution in [0.1, 0.15) is 61.7 Å². The lowest BCUT2D eigenvalue weighted by atomic mass is 9.53. The van der Waals surface area contributed by atoms with E-state index in [0.717, 1.165) is 56.1 Å². The molecular weight excluding hydrogens is 444 g/mol. The van der Waals surface area contributed by atoms with Crippen LogP contribution in [0.2, 0.25) is 0 Å². The molecule has 1 aromatic heterocycles. The van der Waals surface area contributed by atoms with Gasteiger partial charge in [-0.2, -0.15) is 0 Å². The van der Waals surface area contributed by atoms with Gasteiger partial charge in [-0.05, 0) is 81.3 Å². The number of benzene rings is 1. The van der Waals surface area contributed by atoms with Gasteiger partial charge in [0.25, 0.3) is 5.91 Å². The molecule has 2 aromatic rings. The third kappa shape index (κ3) is 4.46. The zero-order chi connectivity index (χ0) is 24.0. The van der Waals surface area contributed by atoms with Crippen LogP contribution in [0.3, 0.4) is 0 Å². The van der Waals surface area contributed by atoms with E-state index in [4.69, 9.17) is 9.72 Å². The number of aromatic nitrogens is 1. The Morgan fingerprint density at radius 2 is 1.66 bits per heavy atom. The Bertz CT molecular complexity index is 1140. The third-order valence-electron chi connectivity index (χ3n) is 8.33. The maximum atomic E-state index is 13.0. The molecule has 5 fully saturated rings. The van der Waals surface area contributed by atoms with Crippen LogP contribution < -0.4 is 15.5 Å². The number of amides is 3. The molecule has 8 heteroatoms. The number of carbonyl (C=O) groups is 3. The lowest BCUT2D eigenvalue weighted by Gasteiger charge is -2.56. The van der Waals surface area contributed by atoms with E-state index < -0.39 is 24.5 Å². The van der Waals surface area contributed by atoms with Crippen molar-refractivity contribution in [2.75, 3.05) is 24.6 Å². The first-order valence-corrected chi connectivity index (χ1v) is 12.9. The predicted octanol–water partition coefficient (Wildman–Crippen LogP) is 3.79. The fraction of sp³-hybridized carbons (Fsp3) is 0.556. The fourth-order valence-electron chi connectivity index (χ4n) is 7.33. The second-order valence-electron chi connectivity index (χ2n) is 11.0. The summed E-state index contributed by atoms with van der Waals surface area (Å²) in [4.78, 5) is 44.9. The summed E-state index contributed by atoms with van der Waals surface area (Å²) in [6.07, 6.45) is 8.94. The lowest BCUT2D eigenvalue weighted by molar-refractivity contribution is -0.123. The summed E-state index contributed by atoms with van der Waals surface area (Å²) in [5.41, 5.74) is 0.971. The van der Waals surface area contributed by atoms with Crippen molar-refractivity contribution in [1.82, 2.24) is 15.6 Å². The molecule has 0 atom stereocenters. The van der Waals surface area contributed by atoms with Crippen LogP contribution in [-0.4, -0.2) is 48.1 Å². The highest BCUT2D eigenvalue weighted by atomic mass is 16.5. The average molecular weight is 477 g/mol. The maximum Gasteiger partial charge on any atom is 0.342 e. The van der Waals surface area contributed by atoms with Crippen molar-refractivity contribution >= 4 is 34.6 Å². The van der Waals surface area contributed by atoms with Crippen LogP contribution in [0.5, 0.6) is 0 Å². The zero-order valence-electron chi connectivity index (χ0n) is 19.9. The fourth-order valence-corrected chi connectivity index (χ4v) is 7.33. The molecule has 1 aromatic carbocycles. The number of nitrogens with zero attached hydrogens (tertiary/aromatic N) is 2. The van der Waals surface area contributed by atoms with Crippen molar-refractivity contribution in [2.24, 2.45) is 17.8 Å². The molecule has 7 rings (SSSR count). The summed E-state index contributed by atoms with van der Waals surface area (Å²) in [7, 11) is 0. The molecule has 2 heterocycles. The SMILES string of the molecule is O=C(COC(=O)c1cc2ccccc2nc1N1CCCC1)NC(=O)NC12CC3CC(CC(C3)C1)C2. The van der Waals surface area contributed by atoms with E-state index in [1.165, 1.54) is 19.3 Å². The van der Waals surface area contributed by atoms with Crippen LogP contribution in [0.25, 0.3) is 10.9 Å². The van der Waals surface area contributed by atoms with Crippen LogP contribution >= 0.6 is 0 Å². The van der Waals surface area contributed by atoms with E-state index in [1.807, 2.05) is 24.3 Å². The molecule has 35 heavy (non-hydrogen) atoms. The van der Waals surface area contributed by atoms with Crippen molar-refractivity contribution in [2.45, 2.75) is 56.9 Å². The molecule has 3 amide bonds. The van der Waals surface area contributed by atoms with E-state index >= 15 is 0 Å². The van der Waals surface area contributed by atoms with Crippen molar-refractivity contribution in [3.8, 4) is 0 Å². The highest BCUT2D eigenvalue weighted by Gasteiger charge is 2.51. The van der Waals surface area contributed by atoms with Gasteiger partial charge in [-0.1, -0.05) is 18.2 Å². The number of hydrogen-bond acceptors (Lipinski definition) is 6. The molecule has 184 valence electrons. The van der Waals surface area contributed by atoms with Gasteiger partial charge < -0.3 is 15.0 Å². The van der Waals surface area contributed by atoms with E-state index in [0.29, 0.717) is 29.1 Å². The minimum atomic E-state index is -0.628. The van der Waals surface area contributed by atoms with E-state index in [-0.39, 0.29) is 5.54 Å². The lowest BCUT2D eigenvalue weighted by Crippen LogP contribution is -2.62. The molecule has 4 saturated carbocycles. The predicted molar refractivity (Wildman–Crippen MR) is 131 cm³/mol. The van der Waals surface area contributed by atoms with E-state index in [1.54, 1.807) is 6.07 Å². The Hall–Kier alpha value is -3.16. The Morgan fingerprint density at radius 3 is 2.34 bits per heavy atom. The minimum Gasteiger partial charge on any atom is -0.452 e. The summed E-state index contributed by atoms with van der Waals surface area (Å²) in [5.74, 6) is 1.43. The monoisotopic (exact) mass is 476 g/mol. The van der Waals surface area contributed by atoms with Crippen molar-refractivity contribution in [1.29, 1.82) is 0 Å². The smallest absolute Gasteiger partial charge is 0.342 e. The Morgan fingerprint density at radius 1 is 1.00 bits per heavy atom. The van der Waals surface area contributed by atoms with E-state index in [9.17, 15) is 14.4 Å². The topological polar surface area (TPSA) is 101 Å². The van der Waals surface area contributed by atoms with Crippen LogP contribution in [0.4, 0.5) is 10.6 Å². The molecule has 1 aliphatic heterocycles. The summed E-state index contributed by atoms with van der Waals surface area (Å²) in [6, 6.07) is 8.91. The van der Waals surface area contributed by atoms with Gasteiger partial charge in [0.15, 0.2) is 6.61 Å². The van der Waals surface area contributed by atoms with Gasteiger partial charge in [-0.15, -0.1) is 0 Å². The van der Waals surface area contributed by atoms with Gasteiger partial charge in [0.2, 0.25) is 0 Å². The number of rotatable bonds is 5. The van der Waals surface area contributed by atoms with E-state index in [2.05, 4.69) is 15.5 Å². The number of hydrogen-bond donors (Lipinski definition) is 2. The third-order valence-corrected chi connectivity index (χ3v) is 8.33. The molecule has 4 aliphatic carbocycles. The number of urea groups is 1. The molecule has 8 nitrogen and oxygen atoms in total. The number of carbonyl (C=O) groups excluding carboxylic acids is 3. The highest BCUT2D eigenvalue weighted by molar-refractivity contribution is 6.01. The van der Waals surface area contributed by atoms with Gasteiger partial charge in [-0.3, -0.25) is 10.1 Å². The summed E-state index contributed by atoms with van der Waals surface area (Å²) < 4.78 is 5.34. The maximum absolute atomic E-state index is 13.0. The number of anilines is 1. The number of imide groups is 1. The van der Waals surface area contributed by atoms with Gasteiger partial charge in [-0.25, -0.2) is 14.6 Å². The molecule has 0 radical (unpaired) electrons. The normalized spacial score (nSPS) is 28.8. The Kier molecular flexibility index (Phi) is 5.61. The molecule has 4 bridgehead atoms. The highest BCUT2D eigenvalue weighted by Crippen LogP contribution is 2.55. The van der Waals surface area contributed by atoms with Gasteiger partial charge >= 0.3 is 12.0 Å². The number of nitrogens with one attached hydrogen (secondary N) is 2. The first-order valence-electron chi connectivity index (χ1n) is 12.9. The minimum absolute atomic E-state index is 0.183. The Labute approximate surface area is 204 Å². The second kappa shape index (κ2) is 8.81. The van der Waals surface area contributed by atoms with Crippen LogP contribution in [-0.2, 0) is 9.53 Å².